The molecule has 0 aliphatic carbocycles. The smallest absolute Gasteiger partial charge is 0.221 e. The van der Waals surface area contributed by atoms with E-state index in [1.54, 1.807) is 7.11 Å². The van der Waals surface area contributed by atoms with Gasteiger partial charge >= 0.3 is 0 Å². The molecule has 1 rings (SSSR count). The SMILES string of the molecule is CCCc1c(N)ncnc1OCCOCCOCCOC. The molecule has 0 fully saturated rings. The number of rotatable bonds is 12. The maximum Gasteiger partial charge on any atom is 0.221 e. The molecule has 0 unspecified atom stereocenters. The van der Waals surface area contributed by atoms with Crippen LogP contribution in [0.2, 0.25) is 0 Å². The molecule has 0 saturated carbocycles. The molecule has 0 amide bonds. The van der Waals surface area contributed by atoms with Crippen LogP contribution in [-0.2, 0) is 20.6 Å². The highest BCUT2D eigenvalue weighted by Gasteiger charge is 2.09. The molecule has 120 valence electrons. The van der Waals surface area contributed by atoms with Crippen molar-refractivity contribution >= 4 is 5.82 Å². The molecule has 0 bridgehead atoms. The molecule has 1 aromatic rings. The number of nitrogens with two attached hydrogens (primary N) is 1. The van der Waals surface area contributed by atoms with Gasteiger partial charge in [0.1, 0.15) is 18.8 Å². The number of hydrogen-bond acceptors (Lipinski definition) is 7. The van der Waals surface area contributed by atoms with Gasteiger partial charge in [0.15, 0.2) is 0 Å². The van der Waals surface area contributed by atoms with Crippen molar-refractivity contribution in [3.05, 3.63) is 11.9 Å². The summed E-state index contributed by atoms with van der Waals surface area (Å²) in [6.45, 7) is 5.22. The van der Waals surface area contributed by atoms with Crippen LogP contribution in [0.1, 0.15) is 18.9 Å². The second-order valence-corrected chi connectivity index (χ2v) is 4.36. The zero-order valence-corrected chi connectivity index (χ0v) is 12.8. The van der Waals surface area contributed by atoms with Crippen LogP contribution in [-0.4, -0.2) is 56.7 Å². The fourth-order valence-corrected chi connectivity index (χ4v) is 1.68. The van der Waals surface area contributed by atoms with E-state index in [1.807, 2.05) is 0 Å². The van der Waals surface area contributed by atoms with Crippen molar-refractivity contribution in [1.82, 2.24) is 9.97 Å². The third-order valence-electron chi connectivity index (χ3n) is 2.71. The highest BCUT2D eigenvalue weighted by atomic mass is 16.6. The Morgan fingerprint density at radius 1 is 1.00 bits per heavy atom. The fraction of sp³-hybridized carbons (Fsp3) is 0.714. The van der Waals surface area contributed by atoms with E-state index in [2.05, 4.69) is 16.9 Å². The lowest BCUT2D eigenvalue weighted by molar-refractivity contribution is 0.0176. The Labute approximate surface area is 125 Å². The molecule has 0 aliphatic rings. The molecule has 0 spiro atoms. The van der Waals surface area contributed by atoms with Gasteiger partial charge in [-0.15, -0.1) is 0 Å². The predicted molar refractivity (Wildman–Crippen MR) is 79.4 cm³/mol. The lowest BCUT2D eigenvalue weighted by Crippen LogP contribution is -2.13. The minimum Gasteiger partial charge on any atom is -0.475 e. The van der Waals surface area contributed by atoms with Crippen molar-refractivity contribution in [3.63, 3.8) is 0 Å². The van der Waals surface area contributed by atoms with Crippen molar-refractivity contribution < 1.29 is 18.9 Å². The van der Waals surface area contributed by atoms with E-state index in [1.165, 1.54) is 6.33 Å². The van der Waals surface area contributed by atoms with Crippen molar-refractivity contribution in [1.29, 1.82) is 0 Å². The molecule has 7 nitrogen and oxygen atoms in total. The summed E-state index contributed by atoms with van der Waals surface area (Å²) in [6.07, 6.45) is 3.17. The number of ether oxygens (including phenoxy) is 4. The zero-order valence-electron chi connectivity index (χ0n) is 12.8. The lowest BCUT2D eigenvalue weighted by atomic mass is 10.2. The van der Waals surface area contributed by atoms with E-state index < -0.39 is 0 Å². The van der Waals surface area contributed by atoms with Gasteiger partial charge in [0, 0.05) is 7.11 Å². The summed E-state index contributed by atoms with van der Waals surface area (Å²) >= 11 is 0. The molecule has 0 aromatic carbocycles. The molecule has 1 heterocycles. The molecule has 0 radical (unpaired) electrons. The van der Waals surface area contributed by atoms with E-state index in [4.69, 9.17) is 24.7 Å². The molecule has 21 heavy (non-hydrogen) atoms. The topological polar surface area (TPSA) is 88.7 Å². The van der Waals surface area contributed by atoms with Crippen LogP contribution in [0.25, 0.3) is 0 Å². The normalized spacial score (nSPS) is 10.8. The Morgan fingerprint density at radius 2 is 1.67 bits per heavy atom. The van der Waals surface area contributed by atoms with Crippen molar-refractivity contribution in [2.24, 2.45) is 0 Å². The first-order valence-electron chi connectivity index (χ1n) is 7.16. The van der Waals surface area contributed by atoms with Crippen LogP contribution in [0.3, 0.4) is 0 Å². The Balaban J connectivity index is 2.16. The summed E-state index contributed by atoms with van der Waals surface area (Å²) in [7, 11) is 1.64. The third-order valence-corrected chi connectivity index (χ3v) is 2.71. The first-order valence-corrected chi connectivity index (χ1v) is 7.16. The summed E-state index contributed by atoms with van der Waals surface area (Å²) in [5.74, 6) is 1.03. The van der Waals surface area contributed by atoms with Crippen molar-refractivity contribution in [3.8, 4) is 5.88 Å². The highest BCUT2D eigenvalue weighted by molar-refractivity contribution is 5.44. The minimum absolute atomic E-state index is 0.422. The quantitative estimate of drug-likeness (QED) is 0.577. The van der Waals surface area contributed by atoms with E-state index in [-0.39, 0.29) is 0 Å². The maximum absolute atomic E-state index is 5.83. The van der Waals surface area contributed by atoms with Crippen LogP contribution in [0.15, 0.2) is 6.33 Å². The summed E-state index contributed by atoms with van der Waals surface area (Å²) in [5.41, 5.74) is 6.69. The van der Waals surface area contributed by atoms with Gasteiger partial charge in [0.05, 0.1) is 38.6 Å². The number of anilines is 1. The van der Waals surface area contributed by atoms with Crippen LogP contribution in [0.4, 0.5) is 5.82 Å². The molecule has 2 N–H and O–H groups in total. The number of aromatic nitrogens is 2. The van der Waals surface area contributed by atoms with Gasteiger partial charge in [0.25, 0.3) is 0 Å². The van der Waals surface area contributed by atoms with E-state index in [0.29, 0.717) is 51.3 Å². The number of nitrogens with zero attached hydrogens (tertiary/aromatic N) is 2. The Morgan fingerprint density at radius 3 is 2.33 bits per heavy atom. The standard InChI is InChI=1S/C14H25N3O4/c1-3-4-12-13(15)16-11-17-14(12)21-10-9-20-8-7-19-6-5-18-2/h11H,3-10H2,1-2H3,(H2,15,16,17). The maximum atomic E-state index is 5.83. The second kappa shape index (κ2) is 11.2. The van der Waals surface area contributed by atoms with Crippen LogP contribution < -0.4 is 10.5 Å². The summed E-state index contributed by atoms with van der Waals surface area (Å²) in [4.78, 5) is 8.10. The zero-order chi connectivity index (χ0) is 15.3. The van der Waals surface area contributed by atoms with Crippen LogP contribution in [0.5, 0.6) is 5.88 Å². The van der Waals surface area contributed by atoms with Gasteiger partial charge in [-0.1, -0.05) is 13.3 Å². The molecule has 1 aromatic heterocycles. The molecular weight excluding hydrogens is 274 g/mol. The average molecular weight is 299 g/mol. The highest BCUT2D eigenvalue weighted by Crippen LogP contribution is 2.20. The van der Waals surface area contributed by atoms with Gasteiger partial charge in [0.2, 0.25) is 5.88 Å². The molecule has 0 aliphatic heterocycles. The van der Waals surface area contributed by atoms with Crippen molar-refractivity contribution in [2.45, 2.75) is 19.8 Å². The van der Waals surface area contributed by atoms with Gasteiger partial charge in [-0.05, 0) is 6.42 Å². The summed E-state index contributed by atoms with van der Waals surface area (Å²) < 4.78 is 21.1. The Kier molecular flexibility index (Phi) is 9.43. The Bertz CT molecular complexity index is 390. The minimum atomic E-state index is 0.422. The van der Waals surface area contributed by atoms with Crippen molar-refractivity contribution in [2.75, 3.05) is 52.5 Å². The van der Waals surface area contributed by atoms with Crippen LogP contribution >= 0.6 is 0 Å². The van der Waals surface area contributed by atoms with Gasteiger partial charge < -0.3 is 24.7 Å². The van der Waals surface area contributed by atoms with Crippen LogP contribution in [0, 0.1) is 0 Å². The molecule has 0 atom stereocenters. The van der Waals surface area contributed by atoms with Gasteiger partial charge in [-0.25, -0.2) is 9.97 Å². The lowest BCUT2D eigenvalue weighted by Gasteiger charge is -2.11. The number of hydrogen-bond donors (Lipinski definition) is 1. The first kappa shape index (κ1) is 17.6. The van der Waals surface area contributed by atoms with E-state index in [0.717, 1.165) is 18.4 Å². The van der Waals surface area contributed by atoms with Gasteiger partial charge in [-0.2, -0.15) is 0 Å². The molecule has 7 heteroatoms. The second-order valence-electron chi connectivity index (χ2n) is 4.36. The van der Waals surface area contributed by atoms with E-state index >= 15 is 0 Å². The average Bonchev–Trinajstić information content (AvgIpc) is 2.49. The fourth-order valence-electron chi connectivity index (χ4n) is 1.68. The predicted octanol–water partition coefficient (Wildman–Crippen LogP) is 1.07. The first-order chi connectivity index (χ1) is 10.3. The summed E-state index contributed by atoms with van der Waals surface area (Å²) in [6, 6.07) is 0. The molecule has 0 saturated heterocycles. The third kappa shape index (κ3) is 7.22. The largest absolute Gasteiger partial charge is 0.475 e. The number of nitrogen functional groups attached to an aromatic ring is 1. The Hall–Kier alpha value is -1.44. The molecular formula is C14H25N3O4. The van der Waals surface area contributed by atoms with E-state index in [9.17, 15) is 0 Å². The van der Waals surface area contributed by atoms with Gasteiger partial charge in [-0.3, -0.25) is 0 Å². The number of methoxy groups -OCH3 is 1. The monoisotopic (exact) mass is 299 g/mol. The summed E-state index contributed by atoms with van der Waals surface area (Å²) in [5, 5.41) is 0.